The number of pyridine rings is 1. The smallest absolute Gasteiger partial charge is 0.252 e. The summed E-state index contributed by atoms with van der Waals surface area (Å²) >= 11 is 1.26. The zero-order valence-corrected chi connectivity index (χ0v) is 20.4. The molecule has 8 heteroatoms. The van der Waals surface area contributed by atoms with E-state index in [1.54, 1.807) is 16.6 Å². The Bertz CT molecular complexity index is 1100. The van der Waals surface area contributed by atoms with Crippen molar-refractivity contribution in [3.05, 3.63) is 36.5 Å². The van der Waals surface area contributed by atoms with Crippen LogP contribution in [-0.2, 0) is 14.8 Å². The van der Waals surface area contributed by atoms with Crippen molar-refractivity contribution < 1.29 is 13.2 Å². The molecule has 1 amide bonds. The van der Waals surface area contributed by atoms with Crippen LogP contribution in [0.3, 0.4) is 0 Å². The Kier molecular flexibility index (Phi) is 5.38. The SMILES string of the molecule is O=C(NC12CC3CC(CC(C3)C1)C2)C1CCN(S(=O)(=O)c2ccc(-c3ccccn3)s2)CC1. The van der Waals surface area contributed by atoms with E-state index in [0.717, 1.165) is 47.6 Å². The number of piperidine rings is 1. The van der Waals surface area contributed by atoms with Gasteiger partial charge in [0.1, 0.15) is 4.21 Å². The first kappa shape index (κ1) is 21.7. The fourth-order valence-corrected chi connectivity index (χ4v) is 10.1. The maximum Gasteiger partial charge on any atom is 0.252 e. The summed E-state index contributed by atoms with van der Waals surface area (Å²) in [6.07, 6.45) is 10.4. The summed E-state index contributed by atoms with van der Waals surface area (Å²) in [5.41, 5.74) is 0.803. The first-order chi connectivity index (χ1) is 15.9. The maximum atomic E-state index is 13.2. The van der Waals surface area contributed by atoms with E-state index in [0.29, 0.717) is 30.1 Å². The Balaban J connectivity index is 1.09. The molecule has 0 aromatic carbocycles. The van der Waals surface area contributed by atoms with Crippen molar-refractivity contribution in [2.24, 2.45) is 23.7 Å². The Morgan fingerprint density at radius 1 is 1.00 bits per heavy atom. The van der Waals surface area contributed by atoms with E-state index in [4.69, 9.17) is 0 Å². The lowest BCUT2D eigenvalue weighted by atomic mass is 9.53. The molecular formula is C25H31N3O3S2. The van der Waals surface area contributed by atoms with Crippen LogP contribution in [0.15, 0.2) is 40.7 Å². The monoisotopic (exact) mass is 485 g/mol. The molecule has 4 bridgehead atoms. The average molecular weight is 486 g/mol. The molecule has 1 saturated heterocycles. The summed E-state index contributed by atoms with van der Waals surface area (Å²) in [4.78, 5) is 18.4. The van der Waals surface area contributed by atoms with E-state index in [1.807, 2.05) is 24.3 Å². The Hall–Kier alpha value is -1.77. The van der Waals surface area contributed by atoms with E-state index in [9.17, 15) is 13.2 Å². The Morgan fingerprint density at radius 3 is 2.27 bits per heavy atom. The Morgan fingerprint density at radius 2 is 1.67 bits per heavy atom. The number of amides is 1. The fraction of sp³-hybridized carbons (Fsp3) is 0.600. The molecule has 176 valence electrons. The van der Waals surface area contributed by atoms with Crippen molar-refractivity contribution in [2.45, 2.75) is 61.1 Å². The number of carbonyl (C=O) groups is 1. The minimum Gasteiger partial charge on any atom is -0.350 e. The molecule has 2 aromatic rings. The highest BCUT2D eigenvalue weighted by atomic mass is 32.2. The predicted molar refractivity (Wildman–Crippen MR) is 128 cm³/mol. The van der Waals surface area contributed by atoms with Crippen LogP contribution in [0.4, 0.5) is 0 Å². The summed E-state index contributed by atoms with van der Waals surface area (Å²) < 4.78 is 28.3. The van der Waals surface area contributed by atoms with E-state index in [2.05, 4.69) is 10.3 Å². The summed E-state index contributed by atoms with van der Waals surface area (Å²) in [7, 11) is -3.55. The Labute approximate surface area is 199 Å². The van der Waals surface area contributed by atoms with Gasteiger partial charge in [0.05, 0.1) is 10.6 Å². The van der Waals surface area contributed by atoms with Gasteiger partial charge in [-0.15, -0.1) is 11.3 Å². The largest absolute Gasteiger partial charge is 0.350 e. The summed E-state index contributed by atoms with van der Waals surface area (Å²) in [5.74, 6) is 2.46. The lowest BCUT2D eigenvalue weighted by molar-refractivity contribution is -0.132. The molecule has 5 fully saturated rings. The van der Waals surface area contributed by atoms with Crippen LogP contribution in [0.5, 0.6) is 0 Å². The standard InChI is InChI=1S/C25H31N3O3S2/c29-24(27-25-14-17-11-18(15-25)13-19(12-17)16-25)20-6-9-28(10-7-20)33(30,31)23-5-4-22(32-23)21-3-1-2-8-26-21/h1-5,8,17-20H,6-7,9-16H2,(H,27,29). The normalized spacial score (nSPS) is 32.2. The van der Waals surface area contributed by atoms with Gasteiger partial charge >= 0.3 is 0 Å². The molecule has 1 N–H and O–H groups in total. The predicted octanol–water partition coefficient (Wildman–Crippen LogP) is 4.30. The highest BCUT2D eigenvalue weighted by molar-refractivity contribution is 7.91. The molecular weight excluding hydrogens is 454 g/mol. The van der Waals surface area contributed by atoms with Crippen molar-refractivity contribution >= 4 is 27.3 Å². The molecule has 0 spiro atoms. The molecule has 1 aliphatic heterocycles. The van der Waals surface area contributed by atoms with Crippen LogP contribution < -0.4 is 5.32 Å². The highest BCUT2D eigenvalue weighted by Gasteiger charge is 2.52. The molecule has 4 aliphatic carbocycles. The summed E-state index contributed by atoms with van der Waals surface area (Å²) in [6, 6.07) is 9.13. The fourth-order valence-electron chi connectivity index (χ4n) is 7.22. The minimum absolute atomic E-state index is 0.0217. The van der Waals surface area contributed by atoms with Gasteiger partial charge in [0.25, 0.3) is 10.0 Å². The average Bonchev–Trinajstić information content (AvgIpc) is 3.30. The van der Waals surface area contributed by atoms with Crippen molar-refractivity contribution in [3.8, 4) is 10.6 Å². The van der Waals surface area contributed by atoms with Gasteiger partial charge < -0.3 is 5.32 Å². The summed E-state index contributed by atoms with van der Waals surface area (Å²) in [5, 5.41) is 3.49. The number of aromatic nitrogens is 1. The number of hydrogen-bond donors (Lipinski definition) is 1. The topological polar surface area (TPSA) is 79.4 Å². The molecule has 4 saturated carbocycles. The van der Waals surface area contributed by atoms with E-state index in [1.165, 1.54) is 30.6 Å². The van der Waals surface area contributed by atoms with Gasteiger partial charge in [0.2, 0.25) is 5.91 Å². The lowest BCUT2D eigenvalue weighted by Crippen LogP contribution is -2.61. The third-order valence-corrected chi connectivity index (χ3v) is 11.8. The van der Waals surface area contributed by atoms with E-state index in [-0.39, 0.29) is 17.4 Å². The minimum atomic E-state index is -3.55. The number of nitrogens with zero attached hydrogens (tertiary/aromatic N) is 2. The zero-order valence-electron chi connectivity index (χ0n) is 18.8. The van der Waals surface area contributed by atoms with Gasteiger partial charge in [-0.2, -0.15) is 4.31 Å². The second-order valence-corrected chi connectivity index (χ2v) is 13.9. The molecule has 0 unspecified atom stereocenters. The second kappa shape index (κ2) is 8.17. The number of hydrogen-bond acceptors (Lipinski definition) is 5. The molecule has 7 rings (SSSR count). The van der Waals surface area contributed by atoms with Crippen molar-refractivity contribution in [1.29, 1.82) is 0 Å². The lowest BCUT2D eigenvalue weighted by Gasteiger charge is -2.57. The maximum absolute atomic E-state index is 13.2. The third-order valence-electron chi connectivity index (χ3n) is 8.34. The van der Waals surface area contributed by atoms with Gasteiger partial charge in [0.15, 0.2) is 0 Å². The first-order valence-corrected chi connectivity index (χ1v) is 14.5. The molecule has 5 aliphatic rings. The number of sulfonamides is 1. The second-order valence-electron chi connectivity index (χ2n) is 10.7. The molecule has 2 aromatic heterocycles. The van der Waals surface area contributed by atoms with Crippen LogP contribution in [-0.4, -0.2) is 42.2 Å². The van der Waals surface area contributed by atoms with Crippen molar-refractivity contribution in [1.82, 2.24) is 14.6 Å². The highest BCUT2D eigenvalue weighted by Crippen LogP contribution is 2.55. The van der Waals surface area contributed by atoms with E-state index < -0.39 is 10.0 Å². The van der Waals surface area contributed by atoms with Crippen molar-refractivity contribution in [3.63, 3.8) is 0 Å². The van der Waals surface area contributed by atoms with Crippen LogP contribution in [0, 0.1) is 23.7 Å². The molecule has 3 heterocycles. The zero-order chi connectivity index (χ0) is 22.6. The number of thiophene rings is 1. The van der Waals surface area contributed by atoms with Crippen LogP contribution in [0.1, 0.15) is 51.4 Å². The van der Waals surface area contributed by atoms with Gasteiger partial charge in [-0.3, -0.25) is 9.78 Å². The quantitative estimate of drug-likeness (QED) is 0.685. The molecule has 6 nitrogen and oxygen atoms in total. The van der Waals surface area contributed by atoms with Crippen LogP contribution >= 0.6 is 11.3 Å². The molecule has 0 atom stereocenters. The van der Waals surface area contributed by atoms with Crippen LogP contribution in [0.2, 0.25) is 0 Å². The number of nitrogens with one attached hydrogen (secondary N) is 1. The van der Waals surface area contributed by atoms with Crippen LogP contribution in [0.25, 0.3) is 10.6 Å². The van der Waals surface area contributed by atoms with Crippen molar-refractivity contribution in [2.75, 3.05) is 13.1 Å². The van der Waals surface area contributed by atoms with E-state index >= 15 is 0 Å². The van der Waals surface area contributed by atoms with Gasteiger partial charge in [-0.05, 0) is 93.4 Å². The number of carbonyl (C=O) groups excluding carboxylic acids is 1. The summed E-state index contributed by atoms with van der Waals surface area (Å²) in [6.45, 7) is 0.802. The van der Waals surface area contributed by atoms with Gasteiger partial charge in [0, 0.05) is 30.7 Å². The number of rotatable bonds is 5. The molecule has 0 radical (unpaired) electrons. The van der Waals surface area contributed by atoms with Gasteiger partial charge in [-0.1, -0.05) is 6.07 Å². The van der Waals surface area contributed by atoms with Gasteiger partial charge in [-0.25, -0.2) is 8.42 Å². The first-order valence-electron chi connectivity index (χ1n) is 12.2. The molecule has 33 heavy (non-hydrogen) atoms. The third kappa shape index (κ3) is 4.04.